The van der Waals surface area contributed by atoms with E-state index in [-0.39, 0.29) is 5.97 Å². The first-order valence-corrected chi connectivity index (χ1v) is 5.30. The van der Waals surface area contributed by atoms with Crippen LogP contribution in [0.1, 0.15) is 12.5 Å². The third-order valence-corrected chi connectivity index (χ3v) is 2.42. The van der Waals surface area contributed by atoms with E-state index in [1.54, 1.807) is 25.1 Å². The molecular weight excluding hydrogens is 221 g/mol. The molecule has 92 valence electrons. The first kappa shape index (κ1) is 13.7. The van der Waals surface area contributed by atoms with E-state index in [4.69, 9.17) is 10.0 Å². The molecule has 0 radical (unpaired) electrons. The van der Waals surface area contributed by atoms with Gasteiger partial charge >= 0.3 is 13.1 Å². The van der Waals surface area contributed by atoms with Gasteiger partial charge in [0.2, 0.25) is 0 Å². The van der Waals surface area contributed by atoms with Crippen molar-refractivity contribution in [2.45, 2.75) is 19.5 Å². The molecule has 0 fully saturated rings. The first-order valence-electron chi connectivity index (χ1n) is 5.30. The highest BCUT2D eigenvalue weighted by molar-refractivity contribution is 6.58. The largest absolute Gasteiger partial charge is 0.488 e. The second-order valence-electron chi connectivity index (χ2n) is 3.74. The van der Waals surface area contributed by atoms with E-state index < -0.39 is 13.2 Å². The van der Waals surface area contributed by atoms with Gasteiger partial charge in [0.25, 0.3) is 0 Å². The quantitative estimate of drug-likeness (QED) is 0.453. The third kappa shape index (κ3) is 4.18. The lowest BCUT2D eigenvalue weighted by molar-refractivity contribution is -0.142. The number of methoxy groups -OCH3 is 1. The fraction of sp³-hybridized carbons (Fsp3) is 0.364. The van der Waals surface area contributed by atoms with Gasteiger partial charge in [0.15, 0.2) is 0 Å². The predicted molar refractivity (Wildman–Crippen MR) is 64.6 cm³/mol. The Morgan fingerprint density at radius 3 is 2.82 bits per heavy atom. The molecule has 0 saturated carbocycles. The molecule has 1 atom stereocenters. The molecule has 0 heterocycles. The van der Waals surface area contributed by atoms with Crippen molar-refractivity contribution in [1.82, 2.24) is 5.32 Å². The molecule has 0 unspecified atom stereocenters. The summed E-state index contributed by atoms with van der Waals surface area (Å²) in [5, 5.41) is 21.0. The van der Waals surface area contributed by atoms with E-state index in [9.17, 15) is 4.79 Å². The van der Waals surface area contributed by atoms with Gasteiger partial charge in [-0.3, -0.25) is 4.79 Å². The molecule has 17 heavy (non-hydrogen) atoms. The lowest BCUT2D eigenvalue weighted by Crippen LogP contribution is -2.35. The van der Waals surface area contributed by atoms with Crippen LogP contribution in [0.2, 0.25) is 0 Å². The minimum absolute atomic E-state index is 0.330. The van der Waals surface area contributed by atoms with E-state index in [1.165, 1.54) is 7.11 Å². The molecule has 0 aliphatic carbocycles. The fourth-order valence-electron chi connectivity index (χ4n) is 1.39. The van der Waals surface area contributed by atoms with Crippen LogP contribution in [0.15, 0.2) is 24.3 Å². The minimum atomic E-state index is -1.48. The van der Waals surface area contributed by atoms with Crippen LogP contribution >= 0.6 is 0 Å². The van der Waals surface area contributed by atoms with Gasteiger partial charge in [-0.25, -0.2) is 0 Å². The normalized spacial score (nSPS) is 12.0. The Balaban J connectivity index is 2.57. The molecule has 0 aromatic heterocycles. The number of rotatable bonds is 5. The number of esters is 1. The highest BCUT2D eigenvalue weighted by Gasteiger charge is 2.13. The molecule has 0 saturated heterocycles. The molecule has 5 nitrogen and oxygen atoms in total. The Morgan fingerprint density at radius 2 is 2.24 bits per heavy atom. The van der Waals surface area contributed by atoms with Crippen molar-refractivity contribution >= 4 is 18.6 Å². The predicted octanol–water partition coefficient (Wildman–Crippen LogP) is -0.983. The summed E-state index contributed by atoms with van der Waals surface area (Å²) in [6.07, 6.45) is 0. The van der Waals surface area contributed by atoms with Crippen molar-refractivity contribution in [3.8, 4) is 0 Å². The fourth-order valence-corrected chi connectivity index (χ4v) is 1.39. The Morgan fingerprint density at radius 1 is 1.53 bits per heavy atom. The van der Waals surface area contributed by atoms with Gasteiger partial charge in [-0.1, -0.05) is 24.3 Å². The van der Waals surface area contributed by atoms with E-state index in [0.29, 0.717) is 12.0 Å². The molecule has 0 bridgehead atoms. The first-order chi connectivity index (χ1) is 8.04. The van der Waals surface area contributed by atoms with E-state index in [2.05, 4.69) is 10.1 Å². The minimum Gasteiger partial charge on any atom is -0.468 e. The lowest BCUT2D eigenvalue weighted by Gasteiger charge is -2.11. The van der Waals surface area contributed by atoms with Crippen LogP contribution in [0.5, 0.6) is 0 Å². The maximum absolute atomic E-state index is 11.1. The molecule has 0 aliphatic heterocycles. The summed E-state index contributed by atoms with van der Waals surface area (Å²) in [7, 11) is -0.142. The molecular formula is C11H16BNO4. The maximum atomic E-state index is 11.1. The average molecular weight is 237 g/mol. The molecule has 6 heteroatoms. The Kier molecular flexibility index (Phi) is 5.15. The number of carbonyl (C=O) groups is 1. The summed E-state index contributed by atoms with van der Waals surface area (Å²) >= 11 is 0. The Bertz CT molecular complexity index is 383. The van der Waals surface area contributed by atoms with Crippen LogP contribution < -0.4 is 10.8 Å². The van der Waals surface area contributed by atoms with Crippen LogP contribution in [0.4, 0.5) is 0 Å². The zero-order valence-electron chi connectivity index (χ0n) is 9.88. The van der Waals surface area contributed by atoms with Crippen LogP contribution in [0.3, 0.4) is 0 Å². The standard InChI is InChI=1S/C11H16BNO4/c1-8(11(14)17-2)13-7-9-4-3-5-10(6-9)12(15)16/h3-6,8,13,15-16H,7H2,1-2H3/t8-/m0/s1. The van der Waals surface area contributed by atoms with Gasteiger partial charge in [-0.15, -0.1) is 0 Å². The zero-order chi connectivity index (χ0) is 12.8. The van der Waals surface area contributed by atoms with Gasteiger partial charge in [0, 0.05) is 6.54 Å². The van der Waals surface area contributed by atoms with Gasteiger partial charge in [-0.2, -0.15) is 0 Å². The number of hydrogen-bond donors (Lipinski definition) is 3. The number of benzene rings is 1. The molecule has 1 aromatic rings. The highest BCUT2D eigenvalue weighted by atomic mass is 16.5. The topological polar surface area (TPSA) is 78.8 Å². The van der Waals surface area contributed by atoms with Crippen molar-refractivity contribution in [1.29, 1.82) is 0 Å². The number of carbonyl (C=O) groups excluding carboxylic acids is 1. The van der Waals surface area contributed by atoms with E-state index >= 15 is 0 Å². The van der Waals surface area contributed by atoms with Crippen molar-refractivity contribution < 1.29 is 19.6 Å². The number of ether oxygens (including phenoxy) is 1. The van der Waals surface area contributed by atoms with Crippen LogP contribution in [0, 0.1) is 0 Å². The van der Waals surface area contributed by atoms with Crippen molar-refractivity contribution in [3.05, 3.63) is 29.8 Å². The summed E-state index contributed by atoms with van der Waals surface area (Å²) in [5.74, 6) is -0.330. The molecule has 0 spiro atoms. The van der Waals surface area contributed by atoms with E-state index in [0.717, 1.165) is 5.56 Å². The molecule has 3 N–H and O–H groups in total. The Hall–Kier alpha value is -1.37. The lowest BCUT2D eigenvalue weighted by atomic mass is 9.79. The van der Waals surface area contributed by atoms with Crippen LogP contribution in [0.25, 0.3) is 0 Å². The molecule has 0 aliphatic rings. The molecule has 1 aromatic carbocycles. The third-order valence-electron chi connectivity index (χ3n) is 2.42. The average Bonchev–Trinajstić information content (AvgIpc) is 2.35. The zero-order valence-corrected chi connectivity index (χ0v) is 9.88. The maximum Gasteiger partial charge on any atom is 0.488 e. The van der Waals surface area contributed by atoms with Gasteiger partial charge in [-0.05, 0) is 17.9 Å². The number of hydrogen-bond acceptors (Lipinski definition) is 5. The smallest absolute Gasteiger partial charge is 0.468 e. The summed E-state index contributed by atoms with van der Waals surface area (Å²) in [6, 6.07) is 6.46. The molecule has 0 amide bonds. The Labute approximate surface area is 101 Å². The summed E-state index contributed by atoms with van der Waals surface area (Å²) in [5.41, 5.74) is 1.29. The van der Waals surface area contributed by atoms with Gasteiger partial charge in [0.1, 0.15) is 6.04 Å². The summed E-state index contributed by atoms with van der Waals surface area (Å²) < 4.78 is 4.58. The summed E-state index contributed by atoms with van der Waals surface area (Å²) in [4.78, 5) is 11.1. The van der Waals surface area contributed by atoms with Gasteiger partial charge in [0.05, 0.1) is 7.11 Å². The van der Waals surface area contributed by atoms with Gasteiger partial charge < -0.3 is 20.1 Å². The molecule has 1 rings (SSSR count). The summed E-state index contributed by atoms with van der Waals surface area (Å²) in [6.45, 7) is 2.16. The monoisotopic (exact) mass is 237 g/mol. The SMILES string of the molecule is COC(=O)[C@H](C)NCc1cccc(B(O)O)c1. The number of nitrogens with one attached hydrogen (secondary N) is 1. The highest BCUT2D eigenvalue weighted by Crippen LogP contribution is 1.98. The van der Waals surface area contributed by atoms with E-state index in [1.807, 2.05) is 6.07 Å². The van der Waals surface area contributed by atoms with Crippen molar-refractivity contribution in [3.63, 3.8) is 0 Å². The van der Waals surface area contributed by atoms with Crippen molar-refractivity contribution in [2.24, 2.45) is 0 Å². The van der Waals surface area contributed by atoms with Crippen LogP contribution in [-0.2, 0) is 16.1 Å². The second kappa shape index (κ2) is 6.39. The van der Waals surface area contributed by atoms with Crippen LogP contribution in [-0.4, -0.2) is 36.3 Å². The second-order valence-corrected chi connectivity index (χ2v) is 3.74. The van der Waals surface area contributed by atoms with Crippen molar-refractivity contribution in [2.75, 3.05) is 7.11 Å².